The van der Waals surface area contributed by atoms with E-state index >= 15 is 0 Å². The van der Waals surface area contributed by atoms with Crippen LogP contribution in [0.3, 0.4) is 0 Å². The molecular formula is C14H12N2O2. The summed E-state index contributed by atoms with van der Waals surface area (Å²) in [6.45, 7) is 0. The number of esters is 1. The van der Waals surface area contributed by atoms with Crippen LogP contribution in [0.15, 0.2) is 48.8 Å². The Morgan fingerprint density at radius 1 is 1.17 bits per heavy atom. The van der Waals surface area contributed by atoms with Crippen LogP contribution < -0.4 is 0 Å². The third-order valence-corrected chi connectivity index (χ3v) is 2.32. The topological polar surface area (TPSA) is 52.1 Å². The SMILES string of the molecule is COC(=O)C=Cc1cnc(-c2ccccc2)nc1. The smallest absolute Gasteiger partial charge is 0.330 e. The molecule has 4 heteroatoms. The highest BCUT2D eigenvalue weighted by Gasteiger charge is 1.99. The number of ether oxygens (including phenoxy) is 1. The van der Waals surface area contributed by atoms with Crippen molar-refractivity contribution in [1.29, 1.82) is 0 Å². The van der Waals surface area contributed by atoms with E-state index in [9.17, 15) is 4.79 Å². The second kappa shape index (κ2) is 5.72. The van der Waals surface area contributed by atoms with Crippen LogP contribution in [0.5, 0.6) is 0 Å². The number of hydrogen-bond donors (Lipinski definition) is 0. The molecule has 0 aliphatic heterocycles. The molecule has 1 heterocycles. The van der Waals surface area contributed by atoms with Gasteiger partial charge in [0.05, 0.1) is 7.11 Å². The van der Waals surface area contributed by atoms with Crippen LogP contribution in [0.2, 0.25) is 0 Å². The van der Waals surface area contributed by atoms with Gasteiger partial charge in [0.25, 0.3) is 0 Å². The summed E-state index contributed by atoms with van der Waals surface area (Å²) in [5.41, 5.74) is 1.71. The van der Waals surface area contributed by atoms with E-state index in [1.54, 1.807) is 18.5 Å². The maximum atomic E-state index is 10.9. The van der Waals surface area contributed by atoms with Gasteiger partial charge in [0.2, 0.25) is 0 Å². The molecule has 90 valence electrons. The fourth-order valence-electron chi connectivity index (χ4n) is 1.39. The monoisotopic (exact) mass is 240 g/mol. The van der Waals surface area contributed by atoms with E-state index in [0.717, 1.165) is 11.1 Å². The molecule has 0 fully saturated rings. The number of aromatic nitrogens is 2. The number of carbonyl (C=O) groups is 1. The molecule has 2 rings (SSSR count). The number of benzene rings is 1. The van der Waals surface area contributed by atoms with Crippen molar-refractivity contribution >= 4 is 12.0 Å². The van der Waals surface area contributed by atoms with E-state index in [-0.39, 0.29) is 0 Å². The molecule has 4 nitrogen and oxygen atoms in total. The summed E-state index contributed by atoms with van der Waals surface area (Å²) in [5.74, 6) is 0.257. The quantitative estimate of drug-likeness (QED) is 0.610. The molecule has 1 aromatic carbocycles. The minimum Gasteiger partial charge on any atom is -0.466 e. The van der Waals surface area contributed by atoms with Crippen LogP contribution in [-0.4, -0.2) is 23.0 Å². The lowest BCUT2D eigenvalue weighted by Gasteiger charge is -1.99. The maximum absolute atomic E-state index is 10.9. The van der Waals surface area contributed by atoms with Crippen molar-refractivity contribution < 1.29 is 9.53 Å². The molecule has 1 aromatic heterocycles. The average molecular weight is 240 g/mol. The first-order valence-electron chi connectivity index (χ1n) is 5.43. The zero-order chi connectivity index (χ0) is 12.8. The van der Waals surface area contributed by atoms with Crippen LogP contribution in [-0.2, 0) is 9.53 Å². The minimum absolute atomic E-state index is 0.401. The average Bonchev–Trinajstić information content (AvgIpc) is 2.46. The Morgan fingerprint density at radius 3 is 2.44 bits per heavy atom. The molecule has 0 aliphatic rings. The Hall–Kier alpha value is -2.49. The Labute approximate surface area is 105 Å². The highest BCUT2D eigenvalue weighted by molar-refractivity contribution is 5.86. The lowest BCUT2D eigenvalue weighted by atomic mass is 10.2. The molecule has 0 amide bonds. The van der Waals surface area contributed by atoms with Gasteiger partial charge in [-0.2, -0.15) is 0 Å². The van der Waals surface area contributed by atoms with Gasteiger partial charge in [-0.15, -0.1) is 0 Å². The van der Waals surface area contributed by atoms with Gasteiger partial charge < -0.3 is 4.74 Å². The van der Waals surface area contributed by atoms with E-state index in [0.29, 0.717) is 5.82 Å². The Morgan fingerprint density at radius 2 is 1.83 bits per heavy atom. The Balaban J connectivity index is 2.16. The molecule has 0 spiro atoms. The number of rotatable bonds is 3. The molecule has 18 heavy (non-hydrogen) atoms. The van der Waals surface area contributed by atoms with E-state index < -0.39 is 5.97 Å². The van der Waals surface area contributed by atoms with E-state index in [1.165, 1.54) is 13.2 Å². The molecule has 0 bridgehead atoms. The van der Waals surface area contributed by atoms with Crippen molar-refractivity contribution in [2.75, 3.05) is 7.11 Å². The second-order valence-electron chi connectivity index (χ2n) is 3.56. The molecule has 0 atom stereocenters. The van der Waals surface area contributed by atoms with E-state index in [1.807, 2.05) is 30.3 Å². The lowest BCUT2D eigenvalue weighted by Crippen LogP contribution is -1.94. The molecule has 0 saturated carbocycles. The van der Waals surface area contributed by atoms with Gasteiger partial charge in [0.1, 0.15) is 0 Å². The molecule has 0 radical (unpaired) electrons. The molecule has 0 unspecified atom stereocenters. The first kappa shape index (κ1) is 12.0. The fraction of sp³-hybridized carbons (Fsp3) is 0.0714. The van der Waals surface area contributed by atoms with Gasteiger partial charge in [0.15, 0.2) is 5.82 Å². The van der Waals surface area contributed by atoms with Gasteiger partial charge in [-0.1, -0.05) is 30.3 Å². The summed E-state index contributed by atoms with van der Waals surface area (Å²) >= 11 is 0. The van der Waals surface area contributed by atoms with Crippen LogP contribution in [0.1, 0.15) is 5.56 Å². The Bertz CT molecular complexity index is 548. The number of hydrogen-bond acceptors (Lipinski definition) is 4. The first-order valence-corrected chi connectivity index (χ1v) is 5.43. The largest absolute Gasteiger partial charge is 0.466 e. The number of carbonyl (C=O) groups excluding carboxylic acids is 1. The summed E-state index contributed by atoms with van der Waals surface area (Å²) in [7, 11) is 1.33. The summed E-state index contributed by atoms with van der Waals surface area (Å²) < 4.78 is 4.50. The molecule has 0 N–H and O–H groups in total. The van der Waals surface area contributed by atoms with Crippen molar-refractivity contribution in [3.05, 3.63) is 54.4 Å². The summed E-state index contributed by atoms with van der Waals surface area (Å²) in [6.07, 6.45) is 6.27. The fourth-order valence-corrected chi connectivity index (χ4v) is 1.39. The predicted octanol–water partition coefficient (Wildman–Crippen LogP) is 2.33. The van der Waals surface area contributed by atoms with Crippen LogP contribution >= 0.6 is 0 Å². The third-order valence-electron chi connectivity index (χ3n) is 2.32. The van der Waals surface area contributed by atoms with Crippen LogP contribution in [0.4, 0.5) is 0 Å². The zero-order valence-electron chi connectivity index (χ0n) is 9.91. The van der Waals surface area contributed by atoms with Crippen molar-refractivity contribution in [3.63, 3.8) is 0 Å². The third kappa shape index (κ3) is 3.01. The van der Waals surface area contributed by atoms with Gasteiger partial charge in [-0.3, -0.25) is 0 Å². The van der Waals surface area contributed by atoms with Gasteiger partial charge in [-0.05, 0) is 6.08 Å². The summed E-state index contributed by atoms with van der Waals surface area (Å²) in [5, 5.41) is 0. The van der Waals surface area contributed by atoms with Crippen LogP contribution in [0.25, 0.3) is 17.5 Å². The molecule has 0 saturated heterocycles. The first-order chi connectivity index (χ1) is 8.79. The number of nitrogens with zero attached hydrogens (tertiary/aromatic N) is 2. The zero-order valence-corrected chi connectivity index (χ0v) is 9.91. The highest BCUT2D eigenvalue weighted by Crippen LogP contribution is 2.13. The van der Waals surface area contributed by atoms with Crippen molar-refractivity contribution in [2.45, 2.75) is 0 Å². The standard InChI is InChI=1S/C14H12N2O2/c1-18-13(17)8-7-11-9-15-14(16-10-11)12-5-3-2-4-6-12/h2-10H,1H3. The minimum atomic E-state index is -0.401. The lowest BCUT2D eigenvalue weighted by molar-refractivity contribution is -0.134. The van der Waals surface area contributed by atoms with Crippen molar-refractivity contribution in [2.24, 2.45) is 0 Å². The second-order valence-corrected chi connectivity index (χ2v) is 3.56. The highest BCUT2D eigenvalue weighted by atomic mass is 16.5. The van der Waals surface area contributed by atoms with Crippen molar-refractivity contribution in [1.82, 2.24) is 9.97 Å². The molecular weight excluding hydrogens is 228 g/mol. The normalized spacial score (nSPS) is 10.5. The van der Waals surface area contributed by atoms with E-state index in [4.69, 9.17) is 0 Å². The Kier molecular flexibility index (Phi) is 3.81. The summed E-state index contributed by atoms with van der Waals surface area (Å²) in [6, 6.07) is 9.70. The number of methoxy groups -OCH3 is 1. The maximum Gasteiger partial charge on any atom is 0.330 e. The molecule has 2 aromatic rings. The van der Waals surface area contributed by atoms with Gasteiger partial charge in [0, 0.05) is 29.6 Å². The van der Waals surface area contributed by atoms with Crippen molar-refractivity contribution in [3.8, 4) is 11.4 Å². The molecule has 0 aliphatic carbocycles. The van der Waals surface area contributed by atoms with Crippen LogP contribution in [0, 0.1) is 0 Å². The summed E-state index contributed by atoms with van der Waals surface area (Å²) in [4.78, 5) is 19.4. The van der Waals surface area contributed by atoms with Gasteiger partial charge >= 0.3 is 5.97 Å². The van der Waals surface area contributed by atoms with Gasteiger partial charge in [-0.25, -0.2) is 14.8 Å². The van der Waals surface area contributed by atoms with E-state index in [2.05, 4.69) is 14.7 Å². The predicted molar refractivity (Wildman–Crippen MR) is 68.5 cm³/mol.